The summed E-state index contributed by atoms with van der Waals surface area (Å²) in [6.07, 6.45) is 1.17. The van der Waals surface area contributed by atoms with Crippen molar-refractivity contribution < 1.29 is 13.2 Å². The highest BCUT2D eigenvalue weighted by atomic mass is 32.2. The lowest BCUT2D eigenvalue weighted by molar-refractivity contribution is 0.101. The molecule has 1 atom stereocenters. The summed E-state index contributed by atoms with van der Waals surface area (Å²) in [4.78, 5) is 11.2. The Bertz CT molecular complexity index is 585. The van der Waals surface area contributed by atoms with Crippen LogP contribution in [0.5, 0.6) is 0 Å². The van der Waals surface area contributed by atoms with Crippen molar-refractivity contribution in [1.29, 1.82) is 5.26 Å². The average Bonchev–Trinajstić information content (AvgIpc) is 2.38. The largest absolute Gasteiger partial charge is 0.295 e. The number of hydrogen-bond acceptors (Lipinski definition) is 4. The number of ketones is 1. The number of carbonyl (C=O) groups excluding carboxylic acids is 1. The van der Waals surface area contributed by atoms with Gasteiger partial charge in [0, 0.05) is 5.56 Å². The van der Waals surface area contributed by atoms with Crippen molar-refractivity contribution >= 4 is 15.8 Å². The summed E-state index contributed by atoms with van der Waals surface area (Å²) in [6, 6.07) is 6.81. The fourth-order valence-corrected chi connectivity index (χ4v) is 2.74. The van der Waals surface area contributed by atoms with Crippen LogP contribution in [0.25, 0.3) is 0 Å². The third kappa shape index (κ3) is 4.16. The first-order chi connectivity index (χ1) is 8.90. The molecule has 0 amide bonds. The zero-order valence-electron chi connectivity index (χ0n) is 10.9. The molecule has 0 aliphatic heterocycles. The third-order valence-electron chi connectivity index (χ3n) is 2.60. The number of benzene rings is 1. The van der Waals surface area contributed by atoms with Crippen LogP contribution >= 0.6 is 0 Å². The van der Waals surface area contributed by atoms with Crippen molar-refractivity contribution in [3.05, 3.63) is 29.8 Å². The van der Waals surface area contributed by atoms with Gasteiger partial charge in [-0.25, -0.2) is 8.42 Å². The molecule has 1 N–H and O–H groups in total. The smallest absolute Gasteiger partial charge is 0.241 e. The number of sulfonamides is 1. The van der Waals surface area contributed by atoms with E-state index in [-0.39, 0.29) is 10.7 Å². The summed E-state index contributed by atoms with van der Waals surface area (Å²) >= 11 is 0. The number of Topliss-reactive ketones (excluding diaryl/α,β-unsaturated/α-hetero) is 1. The van der Waals surface area contributed by atoms with Crippen LogP contribution in [0.4, 0.5) is 0 Å². The van der Waals surface area contributed by atoms with E-state index in [4.69, 9.17) is 5.26 Å². The monoisotopic (exact) mass is 280 g/mol. The van der Waals surface area contributed by atoms with Crippen LogP contribution in [-0.4, -0.2) is 20.2 Å². The standard InChI is InChI=1S/C13H16N2O3S/c1-3-4-12(9-14)15-19(17,18)13-7-5-11(6-8-13)10(2)16/h5-8,12,15H,3-4H2,1-2H3. The zero-order chi connectivity index (χ0) is 14.5. The zero-order valence-corrected chi connectivity index (χ0v) is 11.7. The molecule has 0 bridgehead atoms. The second-order valence-electron chi connectivity index (χ2n) is 4.17. The first-order valence-corrected chi connectivity index (χ1v) is 7.42. The Kier molecular flexibility index (Phi) is 5.21. The van der Waals surface area contributed by atoms with Gasteiger partial charge in [-0.1, -0.05) is 25.5 Å². The highest BCUT2D eigenvalue weighted by Crippen LogP contribution is 2.12. The van der Waals surface area contributed by atoms with E-state index in [1.165, 1.54) is 31.2 Å². The molecular formula is C13H16N2O3S. The van der Waals surface area contributed by atoms with Crippen molar-refractivity contribution in [3.8, 4) is 6.07 Å². The van der Waals surface area contributed by atoms with Crippen LogP contribution in [0.15, 0.2) is 29.2 Å². The van der Waals surface area contributed by atoms with Crippen molar-refractivity contribution in [1.82, 2.24) is 4.72 Å². The molecule has 0 heterocycles. The van der Waals surface area contributed by atoms with E-state index in [1.807, 2.05) is 13.0 Å². The summed E-state index contributed by atoms with van der Waals surface area (Å²) in [6.45, 7) is 3.29. The van der Waals surface area contributed by atoms with Crippen LogP contribution in [0.3, 0.4) is 0 Å². The summed E-state index contributed by atoms with van der Waals surface area (Å²) < 4.78 is 26.4. The molecule has 0 aliphatic rings. The molecule has 0 aromatic heterocycles. The predicted molar refractivity (Wildman–Crippen MR) is 71.1 cm³/mol. The van der Waals surface area contributed by atoms with Crippen LogP contribution in [0, 0.1) is 11.3 Å². The Morgan fingerprint density at radius 1 is 1.37 bits per heavy atom. The Morgan fingerprint density at radius 3 is 2.37 bits per heavy atom. The van der Waals surface area contributed by atoms with Gasteiger partial charge in [-0.3, -0.25) is 4.79 Å². The lowest BCUT2D eigenvalue weighted by Crippen LogP contribution is -2.33. The molecular weight excluding hydrogens is 264 g/mol. The maximum atomic E-state index is 12.0. The SMILES string of the molecule is CCCC(C#N)NS(=O)(=O)c1ccc(C(C)=O)cc1. The number of nitrogens with one attached hydrogen (secondary N) is 1. The highest BCUT2D eigenvalue weighted by Gasteiger charge is 2.19. The lowest BCUT2D eigenvalue weighted by Gasteiger charge is -2.11. The van der Waals surface area contributed by atoms with E-state index in [9.17, 15) is 13.2 Å². The van der Waals surface area contributed by atoms with E-state index in [0.717, 1.165) is 0 Å². The fraction of sp³-hybridized carbons (Fsp3) is 0.385. The number of rotatable bonds is 6. The first kappa shape index (κ1) is 15.3. The minimum atomic E-state index is -3.72. The number of carbonyl (C=O) groups is 1. The molecule has 102 valence electrons. The van der Waals surface area contributed by atoms with Gasteiger partial charge in [0.05, 0.1) is 11.0 Å². The molecule has 19 heavy (non-hydrogen) atoms. The Labute approximate surface area is 113 Å². The van der Waals surface area contributed by atoms with Gasteiger partial charge in [-0.05, 0) is 25.5 Å². The highest BCUT2D eigenvalue weighted by molar-refractivity contribution is 7.89. The maximum Gasteiger partial charge on any atom is 0.241 e. The molecule has 5 nitrogen and oxygen atoms in total. The number of hydrogen-bond donors (Lipinski definition) is 1. The van der Waals surface area contributed by atoms with Gasteiger partial charge in [-0.2, -0.15) is 9.98 Å². The lowest BCUT2D eigenvalue weighted by atomic mass is 10.2. The van der Waals surface area contributed by atoms with E-state index in [2.05, 4.69) is 4.72 Å². The molecule has 0 radical (unpaired) electrons. The first-order valence-electron chi connectivity index (χ1n) is 5.93. The topological polar surface area (TPSA) is 87.0 Å². The number of nitriles is 1. The summed E-state index contributed by atoms with van der Waals surface area (Å²) in [5.41, 5.74) is 0.448. The van der Waals surface area contributed by atoms with Gasteiger partial charge in [0.2, 0.25) is 10.0 Å². The minimum Gasteiger partial charge on any atom is -0.295 e. The van der Waals surface area contributed by atoms with E-state index < -0.39 is 16.1 Å². The van der Waals surface area contributed by atoms with Crippen molar-refractivity contribution in [2.45, 2.75) is 37.6 Å². The Hall–Kier alpha value is -1.71. The third-order valence-corrected chi connectivity index (χ3v) is 4.09. The maximum absolute atomic E-state index is 12.0. The molecule has 0 spiro atoms. The van der Waals surface area contributed by atoms with E-state index in [1.54, 1.807) is 0 Å². The molecule has 0 fully saturated rings. The van der Waals surface area contributed by atoms with Crippen LogP contribution in [0.1, 0.15) is 37.0 Å². The van der Waals surface area contributed by atoms with Crippen molar-refractivity contribution in [3.63, 3.8) is 0 Å². The van der Waals surface area contributed by atoms with Crippen LogP contribution in [-0.2, 0) is 10.0 Å². The Balaban J connectivity index is 2.94. The molecule has 1 aromatic carbocycles. The molecule has 1 rings (SSSR count). The van der Waals surface area contributed by atoms with Crippen LogP contribution in [0.2, 0.25) is 0 Å². The summed E-state index contributed by atoms with van der Waals surface area (Å²) in [7, 11) is -3.72. The van der Waals surface area contributed by atoms with Gasteiger partial charge < -0.3 is 0 Å². The van der Waals surface area contributed by atoms with Gasteiger partial charge in [0.1, 0.15) is 6.04 Å². The Morgan fingerprint density at radius 2 is 1.95 bits per heavy atom. The summed E-state index contributed by atoms with van der Waals surface area (Å²) in [5.74, 6) is -0.127. The van der Waals surface area contributed by atoms with Crippen molar-refractivity contribution in [2.24, 2.45) is 0 Å². The molecule has 1 unspecified atom stereocenters. The van der Waals surface area contributed by atoms with Gasteiger partial charge in [-0.15, -0.1) is 0 Å². The van der Waals surface area contributed by atoms with Gasteiger partial charge >= 0.3 is 0 Å². The second kappa shape index (κ2) is 6.45. The molecule has 6 heteroatoms. The second-order valence-corrected chi connectivity index (χ2v) is 5.89. The minimum absolute atomic E-state index is 0.0499. The normalized spacial score (nSPS) is 12.7. The van der Waals surface area contributed by atoms with Crippen molar-refractivity contribution in [2.75, 3.05) is 0 Å². The fourth-order valence-electron chi connectivity index (χ4n) is 1.56. The van der Waals surface area contributed by atoms with Crippen LogP contribution < -0.4 is 4.72 Å². The van der Waals surface area contributed by atoms with E-state index in [0.29, 0.717) is 18.4 Å². The molecule has 0 saturated heterocycles. The molecule has 0 saturated carbocycles. The molecule has 1 aromatic rings. The molecule has 0 aliphatic carbocycles. The quantitative estimate of drug-likeness (QED) is 0.806. The summed E-state index contributed by atoms with van der Waals surface area (Å²) in [5, 5.41) is 8.86. The van der Waals surface area contributed by atoms with Gasteiger partial charge in [0.15, 0.2) is 5.78 Å². The average molecular weight is 280 g/mol. The number of nitrogens with zero attached hydrogens (tertiary/aromatic N) is 1. The van der Waals surface area contributed by atoms with E-state index >= 15 is 0 Å². The van der Waals surface area contributed by atoms with Gasteiger partial charge in [0.25, 0.3) is 0 Å². The predicted octanol–water partition coefficient (Wildman–Crippen LogP) is 1.86.